The molecule has 1 N–H and O–H groups in total. The number of rotatable bonds is 10. The Morgan fingerprint density at radius 2 is 1.28 bits per heavy atom. The van der Waals surface area contributed by atoms with Crippen molar-refractivity contribution < 1.29 is 26.4 Å². The molecule has 0 radical (unpaired) electrons. The van der Waals surface area contributed by atoms with Crippen LogP contribution in [0.1, 0.15) is 24.2 Å². The van der Waals surface area contributed by atoms with Crippen LogP contribution in [0.2, 0.25) is 0 Å². The van der Waals surface area contributed by atoms with Crippen molar-refractivity contribution >= 4 is 37.3 Å². The summed E-state index contributed by atoms with van der Waals surface area (Å²) in [6, 6.07) is 18.1. The summed E-state index contributed by atoms with van der Waals surface area (Å²) < 4.78 is 58.6. The van der Waals surface area contributed by atoms with Gasteiger partial charge in [-0.3, -0.25) is 9.10 Å². The smallest absolute Gasteiger partial charge is 0.264 e. The molecule has 0 fully saturated rings. The lowest BCUT2D eigenvalue weighted by molar-refractivity contribution is 0.102. The van der Waals surface area contributed by atoms with Gasteiger partial charge in [0.1, 0.15) is 5.75 Å². The molecule has 11 heteroatoms. The summed E-state index contributed by atoms with van der Waals surface area (Å²) >= 11 is 0. The van der Waals surface area contributed by atoms with Crippen LogP contribution in [0.15, 0.2) is 82.6 Å². The molecule has 0 spiro atoms. The zero-order valence-corrected chi connectivity index (χ0v) is 22.1. The van der Waals surface area contributed by atoms with Gasteiger partial charge in [0.2, 0.25) is 10.0 Å². The van der Waals surface area contributed by atoms with Crippen LogP contribution in [0.4, 0.5) is 11.4 Å². The Balaban J connectivity index is 1.71. The van der Waals surface area contributed by atoms with Gasteiger partial charge in [-0.25, -0.2) is 16.8 Å². The van der Waals surface area contributed by atoms with Crippen LogP contribution in [-0.4, -0.2) is 54.3 Å². The van der Waals surface area contributed by atoms with Gasteiger partial charge in [-0.15, -0.1) is 0 Å². The lowest BCUT2D eigenvalue weighted by Crippen LogP contribution is -2.30. The maximum Gasteiger partial charge on any atom is 0.264 e. The van der Waals surface area contributed by atoms with Crippen LogP contribution in [0.3, 0.4) is 0 Å². The van der Waals surface area contributed by atoms with Gasteiger partial charge < -0.3 is 10.1 Å². The number of hydrogen-bond donors (Lipinski definition) is 1. The molecule has 3 aromatic carbocycles. The number of nitrogens with one attached hydrogen (secondary N) is 1. The summed E-state index contributed by atoms with van der Waals surface area (Å²) in [6.07, 6.45) is 0. The maximum absolute atomic E-state index is 12.9. The lowest BCUT2D eigenvalue weighted by Gasteiger charge is -2.20. The fraction of sp³-hybridized carbons (Fsp3) is 0.240. The van der Waals surface area contributed by atoms with Crippen LogP contribution in [0.25, 0.3) is 0 Å². The van der Waals surface area contributed by atoms with Crippen molar-refractivity contribution in [1.29, 1.82) is 0 Å². The first-order chi connectivity index (χ1) is 17.0. The topological polar surface area (TPSA) is 113 Å². The molecule has 0 unspecified atom stereocenters. The van der Waals surface area contributed by atoms with E-state index in [1.165, 1.54) is 79.1 Å². The lowest BCUT2D eigenvalue weighted by atomic mass is 10.2. The summed E-state index contributed by atoms with van der Waals surface area (Å²) in [4.78, 5) is 12.9. The van der Waals surface area contributed by atoms with Crippen LogP contribution in [-0.2, 0) is 20.0 Å². The predicted octanol–water partition coefficient (Wildman–Crippen LogP) is 3.80. The van der Waals surface area contributed by atoms with Gasteiger partial charge in [0, 0.05) is 31.4 Å². The van der Waals surface area contributed by atoms with Crippen molar-refractivity contribution in [3.63, 3.8) is 0 Å². The highest BCUT2D eigenvalue weighted by Gasteiger charge is 2.23. The molecule has 0 atom stereocenters. The number of amides is 1. The second-order valence-corrected chi connectivity index (χ2v) is 11.7. The summed E-state index contributed by atoms with van der Waals surface area (Å²) in [5.74, 6) is 0.133. The van der Waals surface area contributed by atoms with E-state index in [1.807, 2.05) is 0 Å². The van der Waals surface area contributed by atoms with E-state index >= 15 is 0 Å². The fourth-order valence-corrected chi connectivity index (χ4v) is 6.15. The van der Waals surface area contributed by atoms with Crippen molar-refractivity contribution in [3.8, 4) is 5.75 Å². The first-order valence-corrected chi connectivity index (χ1v) is 14.1. The standard InChI is InChI=1S/C25H29N3O6S2/c1-5-28(6-2)36(32,33)24-15-9-20(10-16-24)26-25(29)19-7-11-21(12-8-19)27(3)35(30,31)23-17-13-22(34-4)14-18-23/h7-18H,5-6H2,1-4H3,(H,26,29). The summed E-state index contributed by atoms with van der Waals surface area (Å²) in [6.45, 7) is 4.27. The summed E-state index contributed by atoms with van der Waals surface area (Å²) in [5.41, 5.74) is 1.13. The highest BCUT2D eigenvalue weighted by Crippen LogP contribution is 2.24. The minimum atomic E-state index is -3.80. The monoisotopic (exact) mass is 531 g/mol. The third-order valence-electron chi connectivity index (χ3n) is 5.67. The number of ether oxygens (including phenoxy) is 1. The van der Waals surface area contributed by atoms with E-state index in [1.54, 1.807) is 26.0 Å². The molecule has 36 heavy (non-hydrogen) atoms. The minimum Gasteiger partial charge on any atom is -0.497 e. The Labute approximate surface area is 212 Å². The Hall–Kier alpha value is -3.41. The molecular formula is C25H29N3O6S2. The van der Waals surface area contributed by atoms with Gasteiger partial charge in [0.05, 0.1) is 22.6 Å². The van der Waals surface area contributed by atoms with E-state index in [9.17, 15) is 21.6 Å². The van der Waals surface area contributed by atoms with E-state index in [-0.39, 0.29) is 9.79 Å². The normalized spacial score (nSPS) is 11.8. The Kier molecular flexibility index (Phi) is 8.39. The fourth-order valence-electron chi connectivity index (χ4n) is 3.49. The molecule has 0 aliphatic carbocycles. The largest absolute Gasteiger partial charge is 0.497 e. The van der Waals surface area contributed by atoms with E-state index < -0.39 is 26.0 Å². The van der Waals surface area contributed by atoms with Gasteiger partial charge in [0.15, 0.2) is 0 Å². The minimum absolute atomic E-state index is 0.110. The highest BCUT2D eigenvalue weighted by molar-refractivity contribution is 7.92. The van der Waals surface area contributed by atoms with E-state index in [4.69, 9.17) is 4.74 Å². The van der Waals surface area contributed by atoms with Crippen molar-refractivity contribution in [2.24, 2.45) is 0 Å². The number of benzene rings is 3. The molecule has 3 aromatic rings. The van der Waals surface area contributed by atoms with E-state index in [0.29, 0.717) is 35.8 Å². The molecule has 3 rings (SSSR count). The molecular weight excluding hydrogens is 502 g/mol. The van der Waals surface area contributed by atoms with Gasteiger partial charge in [-0.2, -0.15) is 4.31 Å². The highest BCUT2D eigenvalue weighted by atomic mass is 32.2. The van der Waals surface area contributed by atoms with E-state index in [2.05, 4.69) is 5.32 Å². The van der Waals surface area contributed by atoms with Crippen LogP contribution in [0, 0.1) is 0 Å². The quantitative estimate of drug-likeness (QED) is 0.426. The second-order valence-electron chi connectivity index (χ2n) is 7.76. The van der Waals surface area contributed by atoms with Gasteiger partial charge in [0.25, 0.3) is 15.9 Å². The molecule has 0 saturated heterocycles. The zero-order chi connectivity index (χ0) is 26.5. The molecule has 9 nitrogen and oxygen atoms in total. The number of sulfonamides is 2. The van der Waals surface area contributed by atoms with Crippen molar-refractivity contribution in [3.05, 3.63) is 78.4 Å². The third-order valence-corrected chi connectivity index (χ3v) is 9.53. The van der Waals surface area contributed by atoms with Crippen molar-refractivity contribution in [1.82, 2.24) is 4.31 Å². The molecule has 0 bridgehead atoms. The molecule has 0 heterocycles. The number of anilines is 2. The summed E-state index contributed by atoms with van der Waals surface area (Å²) in [5, 5.41) is 2.72. The van der Waals surface area contributed by atoms with Crippen molar-refractivity contribution in [2.45, 2.75) is 23.6 Å². The second kappa shape index (κ2) is 11.1. The number of carbonyl (C=O) groups is 1. The third kappa shape index (κ3) is 5.69. The molecule has 0 aliphatic heterocycles. The maximum atomic E-state index is 12.9. The Morgan fingerprint density at radius 1 is 0.778 bits per heavy atom. The van der Waals surface area contributed by atoms with Crippen LogP contribution in [0.5, 0.6) is 5.75 Å². The number of nitrogens with zero attached hydrogens (tertiary/aromatic N) is 2. The SMILES string of the molecule is CCN(CC)S(=O)(=O)c1ccc(NC(=O)c2ccc(N(C)S(=O)(=O)c3ccc(OC)cc3)cc2)cc1. The molecule has 1 amide bonds. The van der Waals surface area contributed by atoms with Crippen LogP contribution >= 0.6 is 0 Å². The van der Waals surface area contributed by atoms with Gasteiger partial charge >= 0.3 is 0 Å². The first-order valence-electron chi connectivity index (χ1n) is 11.2. The number of methoxy groups -OCH3 is 1. The molecule has 0 saturated carbocycles. The van der Waals surface area contributed by atoms with Crippen LogP contribution < -0.4 is 14.4 Å². The van der Waals surface area contributed by atoms with E-state index in [0.717, 1.165) is 4.31 Å². The Morgan fingerprint density at radius 3 is 1.78 bits per heavy atom. The zero-order valence-electron chi connectivity index (χ0n) is 20.5. The number of carbonyl (C=O) groups excluding carboxylic acids is 1. The molecule has 0 aliphatic rings. The first kappa shape index (κ1) is 27.2. The summed E-state index contributed by atoms with van der Waals surface area (Å²) in [7, 11) is -4.45. The van der Waals surface area contributed by atoms with Gasteiger partial charge in [-0.1, -0.05) is 13.8 Å². The molecule has 0 aromatic heterocycles. The number of hydrogen-bond acceptors (Lipinski definition) is 6. The average Bonchev–Trinajstić information content (AvgIpc) is 2.89. The molecule has 192 valence electrons. The predicted molar refractivity (Wildman–Crippen MR) is 140 cm³/mol. The van der Waals surface area contributed by atoms with Crippen molar-refractivity contribution in [2.75, 3.05) is 36.9 Å². The Bertz CT molecular complexity index is 1400. The van der Waals surface area contributed by atoms with Gasteiger partial charge in [-0.05, 0) is 72.8 Å². The average molecular weight is 532 g/mol.